The van der Waals surface area contributed by atoms with Crippen molar-refractivity contribution in [3.8, 4) is 0 Å². The first-order valence-electron chi connectivity index (χ1n) is 8.69. The molecular formula is C17H34N4O. The summed E-state index contributed by atoms with van der Waals surface area (Å²) in [6.07, 6.45) is 2.26. The van der Waals surface area contributed by atoms with E-state index in [1.807, 2.05) is 4.90 Å². The van der Waals surface area contributed by atoms with E-state index in [0.29, 0.717) is 11.5 Å². The summed E-state index contributed by atoms with van der Waals surface area (Å²) in [5.74, 6) is 0.731. The van der Waals surface area contributed by atoms with E-state index in [0.717, 1.165) is 58.0 Å². The van der Waals surface area contributed by atoms with Crippen molar-refractivity contribution in [2.75, 3.05) is 53.4 Å². The predicted octanol–water partition coefficient (Wildman–Crippen LogP) is 1.70. The Labute approximate surface area is 136 Å². The van der Waals surface area contributed by atoms with Crippen LogP contribution in [0.25, 0.3) is 0 Å². The van der Waals surface area contributed by atoms with Gasteiger partial charge in [-0.15, -0.1) is 0 Å². The van der Waals surface area contributed by atoms with Crippen LogP contribution in [0.2, 0.25) is 0 Å². The van der Waals surface area contributed by atoms with Gasteiger partial charge in [-0.1, -0.05) is 20.8 Å². The highest BCUT2D eigenvalue weighted by atomic mass is 16.2. The largest absolute Gasteiger partial charge is 0.336 e. The summed E-state index contributed by atoms with van der Waals surface area (Å²) in [7, 11) is 4.30. The van der Waals surface area contributed by atoms with Crippen molar-refractivity contribution in [3.05, 3.63) is 0 Å². The molecule has 5 nitrogen and oxygen atoms in total. The number of rotatable bonds is 2. The van der Waals surface area contributed by atoms with E-state index < -0.39 is 0 Å². The lowest BCUT2D eigenvalue weighted by Gasteiger charge is -2.40. The average molecular weight is 310 g/mol. The normalized spacial score (nSPS) is 26.2. The number of urea groups is 1. The Kier molecular flexibility index (Phi) is 5.72. The third-order valence-electron chi connectivity index (χ3n) is 5.48. The van der Waals surface area contributed by atoms with Gasteiger partial charge in [0.15, 0.2) is 0 Å². The van der Waals surface area contributed by atoms with E-state index in [9.17, 15) is 4.79 Å². The molecule has 1 unspecified atom stereocenters. The summed E-state index contributed by atoms with van der Waals surface area (Å²) in [5.41, 5.74) is 0.359. The number of carbonyl (C=O) groups excluding carboxylic acids is 1. The molecule has 0 aliphatic carbocycles. The maximum Gasteiger partial charge on any atom is 0.317 e. The number of nitrogens with zero attached hydrogens (tertiary/aromatic N) is 3. The third-order valence-corrected chi connectivity index (χ3v) is 5.48. The fraction of sp³-hybridized carbons (Fsp3) is 0.941. The monoisotopic (exact) mass is 310 g/mol. The molecule has 5 heteroatoms. The second kappa shape index (κ2) is 7.18. The Bertz CT molecular complexity index is 371. The topological polar surface area (TPSA) is 38.8 Å². The van der Waals surface area contributed by atoms with E-state index in [1.54, 1.807) is 0 Å². The van der Waals surface area contributed by atoms with Gasteiger partial charge in [0, 0.05) is 45.3 Å². The zero-order valence-electron chi connectivity index (χ0n) is 15.1. The number of likely N-dealkylation sites (tertiary alicyclic amines) is 1. The lowest BCUT2D eigenvalue weighted by Crippen LogP contribution is -2.56. The van der Waals surface area contributed by atoms with E-state index in [4.69, 9.17) is 0 Å². The van der Waals surface area contributed by atoms with Crippen LogP contribution < -0.4 is 5.32 Å². The lowest BCUT2D eigenvalue weighted by atomic mass is 9.75. The molecule has 0 aromatic heterocycles. The molecule has 22 heavy (non-hydrogen) atoms. The molecule has 0 aromatic rings. The highest BCUT2D eigenvalue weighted by Gasteiger charge is 2.30. The fourth-order valence-electron chi connectivity index (χ4n) is 3.59. The Morgan fingerprint density at radius 1 is 1.09 bits per heavy atom. The summed E-state index contributed by atoms with van der Waals surface area (Å²) >= 11 is 0. The second-order valence-corrected chi connectivity index (χ2v) is 8.21. The van der Waals surface area contributed by atoms with Crippen LogP contribution in [0.15, 0.2) is 0 Å². The number of carbonyl (C=O) groups is 1. The zero-order chi connectivity index (χ0) is 16.3. The molecule has 2 aliphatic heterocycles. The van der Waals surface area contributed by atoms with Crippen molar-refractivity contribution in [1.29, 1.82) is 0 Å². The molecule has 0 aromatic carbocycles. The highest BCUT2D eigenvalue weighted by Crippen LogP contribution is 2.34. The molecule has 2 aliphatic rings. The van der Waals surface area contributed by atoms with Crippen molar-refractivity contribution in [3.63, 3.8) is 0 Å². The first kappa shape index (κ1) is 17.5. The van der Waals surface area contributed by atoms with Crippen LogP contribution in [0.3, 0.4) is 0 Å². The van der Waals surface area contributed by atoms with Gasteiger partial charge in [0.1, 0.15) is 0 Å². The van der Waals surface area contributed by atoms with Crippen molar-refractivity contribution in [2.24, 2.45) is 11.3 Å². The van der Waals surface area contributed by atoms with Gasteiger partial charge in [-0.05, 0) is 38.3 Å². The third kappa shape index (κ3) is 4.59. The van der Waals surface area contributed by atoms with E-state index in [2.05, 4.69) is 50.0 Å². The summed E-state index contributed by atoms with van der Waals surface area (Å²) in [5, 5.41) is 3.15. The van der Waals surface area contributed by atoms with Crippen molar-refractivity contribution >= 4 is 6.03 Å². The second-order valence-electron chi connectivity index (χ2n) is 8.21. The Morgan fingerprint density at radius 3 is 2.32 bits per heavy atom. The molecule has 0 bridgehead atoms. The Hall–Kier alpha value is -0.810. The molecule has 2 rings (SSSR count). The predicted molar refractivity (Wildman–Crippen MR) is 91.1 cm³/mol. The van der Waals surface area contributed by atoms with Gasteiger partial charge in [-0.25, -0.2) is 4.79 Å². The van der Waals surface area contributed by atoms with Crippen molar-refractivity contribution < 1.29 is 4.79 Å². The standard InChI is InChI=1S/C17H34N4O/c1-17(2,3)14-6-8-21(9-7-14)16(22)18-12-15-13-19(4)10-11-20(15)5/h14-15H,6-13H2,1-5H3,(H,18,22). The highest BCUT2D eigenvalue weighted by molar-refractivity contribution is 5.74. The summed E-state index contributed by atoms with van der Waals surface area (Å²) < 4.78 is 0. The smallest absolute Gasteiger partial charge is 0.317 e. The van der Waals surface area contributed by atoms with Gasteiger partial charge in [-0.3, -0.25) is 4.90 Å². The van der Waals surface area contributed by atoms with Crippen LogP contribution in [-0.2, 0) is 0 Å². The SMILES string of the molecule is CN1CCN(C)C(CNC(=O)N2CCC(C(C)(C)C)CC2)C1. The number of piperidine rings is 1. The van der Waals surface area contributed by atoms with Crippen LogP contribution in [0, 0.1) is 11.3 Å². The number of hydrogen-bond acceptors (Lipinski definition) is 3. The minimum absolute atomic E-state index is 0.119. The first-order chi connectivity index (χ1) is 10.3. The van der Waals surface area contributed by atoms with Gasteiger partial charge in [0.2, 0.25) is 0 Å². The summed E-state index contributed by atoms with van der Waals surface area (Å²) in [6, 6.07) is 0.545. The zero-order valence-corrected chi connectivity index (χ0v) is 15.1. The Morgan fingerprint density at radius 2 is 1.73 bits per heavy atom. The molecule has 128 valence electrons. The number of likely N-dealkylation sites (N-methyl/N-ethyl adjacent to an activating group) is 2. The van der Waals surface area contributed by atoms with Crippen LogP contribution >= 0.6 is 0 Å². The van der Waals surface area contributed by atoms with Crippen LogP contribution in [0.5, 0.6) is 0 Å². The maximum atomic E-state index is 12.4. The van der Waals surface area contributed by atoms with Crippen molar-refractivity contribution in [2.45, 2.75) is 39.7 Å². The molecule has 1 N–H and O–H groups in total. The van der Waals surface area contributed by atoms with E-state index >= 15 is 0 Å². The van der Waals surface area contributed by atoms with Gasteiger partial charge in [-0.2, -0.15) is 0 Å². The first-order valence-corrected chi connectivity index (χ1v) is 8.69. The van der Waals surface area contributed by atoms with Crippen molar-refractivity contribution in [1.82, 2.24) is 20.0 Å². The summed E-state index contributed by atoms with van der Waals surface area (Å²) in [4.78, 5) is 19.1. The molecule has 2 amide bonds. The number of nitrogens with one attached hydrogen (secondary N) is 1. The fourth-order valence-corrected chi connectivity index (χ4v) is 3.59. The van der Waals surface area contributed by atoms with Crippen LogP contribution in [0.1, 0.15) is 33.6 Å². The number of amides is 2. The molecule has 1 atom stereocenters. The molecule has 0 spiro atoms. The number of hydrogen-bond donors (Lipinski definition) is 1. The molecule has 0 saturated carbocycles. The minimum atomic E-state index is 0.119. The Balaban J connectivity index is 1.74. The quantitative estimate of drug-likeness (QED) is 0.844. The van der Waals surface area contributed by atoms with Gasteiger partial charge < -0.3 is 15.1 Å². The molecule has 2 heterocycles. The minimum Gasteiger partial charge on any atom is -0.336 e. The molecule has 0 radical (unpaired) electrons. The molecule has 2 saturated heterocycles. The molecule has 2 fully saturated rings. The van der Waals surface area contributed by atoms with Crippen LogP contribution in [0.4, 0.5) is 4.79 Å². The number of piperazine rings is 1. The van der Waals surface area contributed by atoms with Gasteiger partial charge in [0.25, 0.3) is 0 Å². The average Bonchev–Trinajstić information content (AvgIpc) is 2.47. The van der Waals surface area contributed by atoms with Gasteiger partial charge >= 0.3 is 6.03 Å². The maximum absolute atomic E-state index is 12.4. The summed E-state index contributed by atoms with van der Waals surface area (Å²) in [6.45, 7) is 12.7. The van der Waals surface area contributed by atoms with E-state index in [1.165, 1.54) is 0 Å². The lowest BCUT2D eigenvalue weighted by molar-refractivity contribution is 0.105. The molecular weight excluding hydrogens is 276 g/mol. The van der Waals surface area contributed by atoms with Gasteiger partial charge in [0.05, 0.1) is 0 Å². The van der Waals surface area contributed by atoms with Crippen LogP contribution in [-0.4, -0.2) is 80.1 Å². The van der Waals surface area contributed by atoms with E-state index in [-0.39, 0.29) is 6.03 Å².